The maximum absolute atomic E-state index is 14.4. The molecule has 0 radical (unpaired) electrons. The summed E-state index contributed by atoms with van der Waals surface area (Å²) in [6.45, 7) is 1.68. The second-order valence-corrected chi connectivity index (χ2v) is 7.94. The van der Waals surface area contributed by atoms with Crippen molar-refractivity contribution in [1.82, 2.24) is 0 Å². The number of hydrogen-bond donors (Lipinski definition) is 0. The van der Waals surface area contributed by atoms with Gasteiger partial charge in [0.15, 0.2) is 5.60 Å². The molecule has 0 aromatic heterocycles. The Kier molecular flexibility index (Phi) is 4.03. The Labute approximate surface area is 141 Å². The average molecular weight is 382 g/mol. The highest BCUT2D eigenvalue weighted by Gasteiger charge is 2.78. The zero-order chi connectivity index (χ0) is 18.7. The SMILES string of the molecule is Cc1ccc(S(=O)(=O)OC2(C(F)(F)C(F)(F)F)[C@@H]3C=C[C@H]2CC3)cc1. The maximum Gasteiger partial charge on any atom is 0.456 e. The zero-order valence-corrected chi connectivity index (χ0v) is 13.9. The van der Waals surface area contributed by atoms with Crippen molar-refractivity contribution in [3.8, 4) is 0 Å². The molecule has 0 spiro atoms. The molecule has 0 heterocycles. The summed E-state index contributed by atoms with van der Waals surface area (Å²) >= 11 is 0. The fourth-order valence-corrected chi connectivity index (χ4v) is 4.89. The van der Waals surface area contributed by atoms with E-state index in [1.165, 1.54) is 24.3 Å². The summed E-state index contributed by atoms with van der Waals surface area (Å²) in [6.07, 6.45) is -3.52. The molecule has 0 saturated heterocycles. The van der Waals surface area contributed by atoms with Gasteiger partial charge in [-0.05, 0) is 31.9 Å². The lowest BCUT2D eigenvalue weighted by atomic mass is 9.83. The molecule has 9 heteroatoms. The van der Waals surface area contributed by atoms with Crippen LogP contribution in [-0.2, 0) is 14.3 Å². The monoisotopic (exact) mass is 382 g/mol. The van der Waals surface area contributed by atoms with Gasteiger partial charge in [0.2, 0.25) is 0 Å². The molecule has 0 aliphatic heterocycles. The normalized spacial score (nSPS) is 29.4. The van der Waals surface area contributed by atoms with Crippen molar-refractivity contribution in [1.29, 1.82) is 0 Å². The van der Waals surface area contributed by atoms with Crippen LogP contribution in [-0.4, -0.2) is 26.1 Å². The molecule has 3 atom stereocenters. The van der Waals surface area contributed by atoms with Crippen LogP contribution in [0, 0.1) is 18.8 Å². The summed E-state index contributed by atoms with van der Waals surface area (Å²) in [5.41, 5.74) is -2.47. The van der Waals surface area contributed by atoms with Gasteiger partial charge in [-0.3, -0.25) is 4.18 Å². The quantitative estimate of drug-likeness (QED) is 0.445. The fraction of sp³-hybridized carbons (Fsp3) is 0.500. The lowest BCUT2D eigenvalue weighted by molar-refractivity contribution is -0.342. The van der Waals surface area contributed by atoms with Crippen LogP contribution in [0.2, 0.25) is 0 Å². The van der Waals surface area contributed by atoms with Gasteiger partial charge in [-0.2, -0.15) is 30.4 Å². The molecule has 1 aromatic carbocycles. The van der Waals surface area contributed by atoms with Gasteiger partial charge in [-0.1, -0.05) is 29.8 Å². The van der Waals surface area contributed by atoms with Crippen LogP contribution in [0.1, 0.15) is 18.4 Å². The van der Waals surface area contributed by atoms with Gasteiger partial charge in [0, 0.05) is 11.8 Å². The van der Waals surface area contributed by atoms with E-state index in [-0.39, 0.29) is 12.8 Å². The molecule has 1 fully saturated rings. The number of rotatable bonds is 4. The molecule has 1 saturated carbocycles. The second kappa shape index (κ2) is 5.51. The van der Waals surface area contributed by atoms with Crippen LogP contribution in [0.5, 0.6) is 0 Å². The molecular weight excluding hydrogens is 367 g/mol. The van der Waals surface area contributed by atoms with Gasteiger partial charge < -0.3 is 0 Å². The molecule has 2 aliphatic carbocycles. The summed E-state index contributed by atoms with van der Waals surface area (Å²) in [5.74, 6) is -7.96. The molecule has 1 aromatic rings. The number of benzene rings is 1. The summed E-state index contributed by atoms with van der Waals surface area (Å²) in [6, 6.07) is 5.06. The van der Waals surface area contributed by atoms with E-state index >= 15 is 0 Å². The van der Waals surface area contributed by atoms with Gasteiger partial charge in [0.1, 0.15) is 0 Å². The maximum atomic E-state index is 14.4. The first-order chi connectivity index (χ1) is 11.4. The molecule has 1 unspecified atom stereocenters. The van der Waals surface area contributed by atoms with E-state index in [0.29, 0.717) is 5.56 Å². The largest absolute Gasteiger partial charge is 0.456 e. The minimum absolute atomic E-state index is 0.0102. The topological polar surface area (TPSA) is 43.4 Å². The molecule has 0 N–H and O–H groups in total. The average Bonchev–Trinajstić information content (AvgIpc) is 3.02. The van der Waals surface area contributed by atoms with E-state index in [2.05, 4.69) is 0 Å². The first-order valence-electron chi connectivity index (χ1n) is 7.57. The van der Waals surface area contributed by atoms with E-state index < -0.39 is 44.5 Å². The third-order valence-electron chi connectivity index (χ3n) is 4.87. The van der Waals surface area contributed by atoms with Gasteiger partial charge in [-0.25, -0.2) is 0 Å². The second-order valence-electron chi connectivity index (χ2n) is 6.39. The Morgan fingerprint density at radius 1 is 1.00 bits per heavy atom. The Morgan fingerprint density at radius 2 is 1.48 bits per heavy atom. The Morgan fingerprint density at radius 3 is 1.88 bits per heavy atom. The summed E-state index contributed by atoms with van der Waals surface area (Å²) in [5, 5.41) is 0. The lowest BCUT2D eigenvalue weighted by Crippen LogP contribution is -2.62. The highest BCUT2D eigenvalue weighted by molar-refractivity contribution is 7.86. The molecular formula is C16H15F5O3S. The highest BCUT2D eigenvalue weighted by atomic mass is 32.2. The van der Waals surface area contributed by atoms with Crippen LogP contribution in [0.25, 0.3) is 0 Å². The third-order valence-corrected chi connectivity index (χ3v) is 6.21. The predicted octanol–water partition coefficient (Wildman–Crippen LogP) is 4.23. The van der Waals surface area contributed by atoms with Crippen LogP contribution in [0.3, 0.4) is 0 Å². The molecule has 2 aliphatic rings. The molecule has 3 nitrogen and oxygen atoms in total. The summed E-state index contributed by atoms with van der Waals surface area (Å²) in [7, 11) is -4.81. The zero-order valence-electron chi connectivity index (χ0n) is 13.1. The van der Waals surface area contributed by atoms with Crippen LogP contribution < -0.4 is 0 Å². The molecule has 3 rings (SSSR count). The van der Waals surface area contributed by atoms with Gasteiger partial charge >= 0.3 is 12.1 Å². The fourth-order valence-electron chi connectivity index (χ4n) is 3.61. The number of alkyl halides is 5. The van der Waals surface area contributed by atoms with E-state index in [0.717, 1.165) is 12.1 Å². The molecule has 138 valence electrons. The molecule has 25 heavy (non-hydrogen) atoms. The van der Waals surface area contributed by atoms with Crippen LogP contribution >= 0.6 is 0 Å². The standard InChI is InChI=1S/C16H15F5O3S/c1-10-2-8-13(9-3-10)25(22,23)24-14(15(17,18)16(19,20)21)11-4-5-12(14)7-6-11/h2-5,8-9,11-12H,6-7H2,1H3/t11-,12+,14?. The van der Waals surface area contributed by atoms with E-state index in [1.807, 2.05) is 0 Å². The minimum Gasteiger partial charge on any atom is -0.252 e. The first-order valence-corrected chi connectivity index (χ1v) is 8.98. The predicted molar refractivity (Wildman–Crippen MR) is 78.5 cm³/mol. The van der Waals surface area contributed by atoms with Crippen molar-refractivity contribution in [3.05, 3.63) is 42.0 Å². The number of halogens is 5. The Balaban J connectivity index is 2.08. The van der Waals surface area contributed by atoms with Crippen LogP contribution in [0.15, 0.2) is 41.3 Å². The summed E-state index contributed by atoms with van der Waals surface area (Å²) in [4.78, 5) is -0.457. The van der Waals surface area contributed by atoms with Crippen molar-refractivity contribution in [3.63, 3.8) is 0 Å². The van der Waals surface area contributed by atoms with Crippen LogP contribution in [0.4, 0.5) is 22.0 Å². The number of hydrogen-bond acceptors (Lipinski definition) is 3. The lowest BCUT2D eigenvalue weighted by Gasteiger charge is -2.40. The Hall–Kier alpha value is -1.48. The molecule has 2 bridgehead atoms. The smallest absolute Gasteiger partial charge is 0.252 e. The van der Waals surface area contributed by atoms with Gasteiger partial charge in [0.25, 0.3) is 10.1 Å². The van der Waals surface area contributed by atoms with Crippen molar-refractivity contribution in [2.24, 2.45) is 11.8 Å². The summed E-state index contributed by atoms with van der Waals surface area (Å²) < 4.78 is 97.6. The number of fused-ring (bicyclic) bond motifs is 2. The van der Waals surface area contributed by atoms with Crippen molar-refractivity contribution < 1.29 is 34.6 Å². The number of aryl methyl sites for hydroxylation is 1. The van der Waals surface area contributed by atoms with E-state index in [4.69, 9.17) is 4.18 Å². The van der Waals surface area contributed by atoms with E-state index in [9.17, 15) is 30.4 Å². The Bertz CT molecular complexity index is 782. The first kappa shape index (κ1) is 18.3. The van der Waals surface area contributed by atoms with E-state index in [1.54, 1.807) is 6.92 Å². The highest BCUT2D eigenvalue weighted by Crippen LogP contribution is 2.61. The molecule has 0 amide bonds. The van der Waals surface area contributed by atoms with Gasteiger partial charge in [-0.15, -0.1) is 0 Å². The van der Waals surface area contributed by atoms with Crippen molar-refractivity contribution in [2.75, 3.05) is 0 Å². The third kappa shape index (κ3) is 2.59. The van der Waals surface area contributed by atoms with Gasteiger partial charge in [0.05, 0.1) is 4.90 Å². The van der Waals surface area contributed by atoms with Crippen molar-refractivity contribution >= 4 is 10.1 Å². The van der Waals surface area contributed by atoms with Crippen molar-refractivity contribution in [2.45, 2.75) is 42.4 Å². The minimum atomic E-state index is -5.93.